The van der Waals surface area contributed by atoms with E-state index in [-0.39, 0.29) is 0 Å². The van der Waals surface area contributed by atoms with E-state index in [9.17, 15) is 0 Å². The minimum absolute atomic E-state index is 0.674. The van der Waals surface area contributed by atoms with Gasteiger partial charge in [0.15, 0.2) is 0 Å². The molecule has 0 aromatic carbocycles. The molecule has 66 valence electrons. The standard InChI is InChI=1S/C12H18/c1-4-7-11-8-5-6-9-12(11)10(2)3/h4-6,8-12H,1,7H2,2-3H3. The van der Waals surface area contributed by atoms with Crippen molar-refractivity contribution in [3.05, 3.63) is 37.0 Å². The first-order valence-electron chi connectivity index (χ1n) is 4.71. The van der Waals surface area contributed by atoms with Crippen molar-refractivity contribution in [2.45, 2.75) is 20.3 Å². The molecule has 0 nitrogen and oxygen atoms in total. The summed E-state index contributed by atoms with van der Waals surface area (Å²) in [5, 5.41) is 0. The maximum atomic E-state index is 3.79. The summed E-state index contributed by atoms with van der Waals surface area (Å²) >= 11 is 0. The summed E-state index contributed by atoms with van der Waals surface area (Å²) in [6, 6.07) is 0. The monoisotopic (exact) mass is 162 g/mol. The Hall–Kier alpha value is -0.780. The normalized spacial score (nSPS) is 27.9. The van der Waals surface area contributed by atoms with Crippen LogP contribution in [0.15, 0.2) is 37.0 Å². The zero-order chi connectivity index (χ0) is 8.97. The molecule has 0 saturated carbocycles. The molecule has 0 saturated heterocycles. The fraction of sp³-hybridized carbons (Fsp3) is 0.500. The first kappa shape index (κ1) is 9.31. The highest BCUT2D eigenvalue weighted by Gasteiger charge is 2.19. The van der Waals surface area contributed by atoms with Gasteiger partial charge in [-0.25, -0.2) is 0 Å². The van der Waals surface area contributed by atoms with Crippen LogP contribution in [-0.2, 0) is 0 Å². The van der Waals surface area contributed by atoms with Crippen LogP contribution >= 0.6 is 0 Å². The highest BCUT2D eigenvalue weighted by molar-refractivity contribution is 5.15. The predicted molar refractivity (Wildman–Crippen MR) is 54.9 cm³/mol. The molecule has 0 amide bonds. The molecule has 2 atom stereocenters. The third-order valence-corrected chi connectivity index (χ3v) is 2.51. The first-order valence-corrected chi connectivity index (χ1v) is 4.71. The molecule has 0 N–H and O–H groups in total. The molecular weight excluding hydrogens is 144 g/mol. The number of rotatable bonds is 3. The fourth-order valence-electron chi connectivity index (χ4n) is 1.82. The van der Waals surface area contributed by atoms with Crippen LogP contribution in [0.4, 0.5) is 0 Å². The van der Waals surface area contributed by atoms with E-state index in [4.69, 9.17) is 0 Å². The molecule has 0 bridgehead atoms. The minimum atomic E-state index is 0.674. The van der Waals surface area contributed by atoms with Gasteiger partial charge in [0.2, 0.25) is 0 Å². The van der Waals surface area contributed by atoms with Crippen LogP contribution in [0.1, 0.15) is 20.3 Å². The third kappa shape index (κ3) is 2.10. The Kier molecular flexibility index (Phi) is 3.33. The molecule has 0 heteroatoms. The van der Waals surface area contributed by atoms with E-state index in [0.29, 0.717) is 11.8 Å². The van der Waals surface area contributed by atoms with Crippen molar-refractivity contribution >= 4 is 0 Å². The van der Waals surface area contributed by atoms with Gasteiger partial charge in [-0.3, -0.25) is 0 Å². The SMILES string of the molecule is C=CCC1C=CC=CC1C(C)C. The molecule has 1 aliphatic carbocycles. The van der Waals surface area contributed by atoms with Crippen LogP contribution in [0, 0.1) is 17.8 Å². The molecule has 0 spiro atoms. The van der Waals surface area contributed by atoms with Gasteiger partial charge in [-0.15, -0.1) is 6.58 Å². The largest absolute Gasteiger partial charge is 0.103 e. The van der Waals surface area contributed by atoms with Crippen LogP contribution in [0.3, 0.4) is 0 Å². The van der Waals surface area contributed by atoms with Gasteiger partial charge in [0.05, 0.1) is 0 Å². The molecule has 1 aliphatic rings. The molecule has 0 fully saturated rings. The Morgan fingerprint density at radius 2 is 2.00 bits per heavy atom. The van der Waals surface area contributed by atoms with E-state index in [1.54, 1.807) is 0 Å². The van der Waals surface area contributed by atoms with Crippen LogP contribution in [-0.4, -0.2) is 0 Å². The Bertz CT molecular complexity index is 196. The van der Waals surface area contributed by atoms with E-state index in [0.717, 1.165) is 12.3 Å². The second-order valence-corrected chi connectivity index (χ2v) is 3.78. The zero-order valence-electron chi connectivity index (χ0n) is 8.03. The molecular formula is C12H18. The van der Waals surface area contributed by atoms with E-state index in [1.165, 1.54) is 0 Å². The van der Waals surface area contributed by atoms with Gasteiger partial charge >= 0.3 is 0 Å². The molecule has 0 aromatic rings. The van der Waals surface area contributed by atoms with E-state index in [2.05, 4.69) is 44.7 Å². The van der Waals surface area contributed by atoms with Gasteiger partial charge in [-0.2, -0.15) is 0 Å². The van der Waals surface area contributed by atoms with Crippen molar-refractivity contribution in [3.63, 3.8) is 0 Å². The third-order valence-electron chi connectivity index (χ3n) is 2.51. The predicted octanol–water partition coefficient (Wildman–Crippen LogP) is 3.58. The van der Waals surface area contributed by atoms with Crippen molar-refractivity contribution in [2.24, 2.45) is 17.8 Å². The molecule has 0 aliphatic heterocycles. The maximum Gasteiger partial charge on any atom is -0.0130 e. The highest BCUT2D eigenvalue weighted by Crippen LogP contribution is 2.29. The highest BCUT2D eigenvalue weighted by atomic mass is 14.2. The Labute approximate surface area is 75.7 Å². The first-order chi connectivity index (χ1) is 5.75. The summed E-state index contributed by atoms with van der Waals surface area (Å²) in [4.78, 5) is 0. The summed E-state index contributed by atoms with van der Waals surface area (Å²) in [6.07, 6.45) is 12.0. The quantitative estimate of drug-likeness (QED) is 0.556. The van der Waals surface area contributed by atoms with Gasteiger partial charge in [-0.05, 0) is 24.2 Å². The van der Waals surface area contributed by atoms with E-state index in [1.807, 2.05) is 6.08 Å². The summed E-state index contributed by atoms with van der Waals surface area (Å²) in [5.41, 5.74) is 0. The summed E-state index contributed by atoms with van der Waals surface area (Å²) in [5.74, 6) is 2.11. The molecule has 0 radical (unpaired) electrons. The number of hydrogen-bond donors (Lipinski definition) is 0. The van der Waals surface area contributed by atoms with Gasteiger partial charge in [-0.1, -0.05) is 44.2 Å². The molecule has 0 heterocycles. The van der Waals surface area contributed by atoms with Gasteiger partial charge in [0.1, 0.15) is 0 Å². The zero-order valence-corrected chi connectivity index (χ0v) is 8.03. The number of hydrogen-bond acceptors (Lipinski definition) is 0. The smallest absolute Gasteiger partial charge is 0.0130 e. The Balaban J connectivity index is 2.63. The fourth-order valence-corrected chi connectivity index (χ4v) is 1.82. The Morgan fingerprint density at radius 1 is 1.33 bits per heavy atom. The summed E-state index contributed by atoms with van der Waals surface area (Å²) in [6.45, 7) is 8.35. The van der Waals surface area contributed by atoms with Crippen LogP contribution in [0.2, 0.25) is 0 Å². The summed E-state index contributed by atoms with van der Waals surface area (Å²) < 4.78 is 0. The van der Waals surface area contributed by atoms with Crippen molar-refractivity contribution in [2.75, 3.05) is 0 Å². The number of allylic oxidation sites excluding steroid dienone is 5. The van der Waals surface area contributed by atoms with Crippen LogP contribution in [0.25, 0.3) is 0 Å². The maximum absolute atomic E-state index is 3.79. The molecule has 0 aromatic heterocycles. The lowest BCUT2D eigenvalue weighted by atomic mass is 9.79. The lowest BCUT2D eigenvalue weighted by Crippen LogP contribution is -2.17. The van der Waals surface area contributed by atoms with Crippen LogP contribution < -0.4 is 0 Å². The minimum Gasteiger partial charge on any atom is -0.103 e. The van der Waals surface area contributed by atoms with Crippen LogP contribution in [0.5, 0.6) is 0 Å². The molecule has 2 unspecified atom stereocenters. The van der Waals surface area contributed by atoms with E-state index < -0.39 is 0 Å². The average Bonchev–Trinajstić information content (AvgIpc) is 2.05. The van der Waals surface area contributed by atoms with Crippen molar-refractivity contribution in [1.29, 1.82) is 0 Å². The second kappa shape index (κ2) is 4.30. The average molecular weight is 162 g/mol. The lowest BCUT2D eigenvalue weighted by molar-refractivity contribution is 0.363. The topological polar surface area (TPSA) is 0 Å². The summed E-state index contributed by atoms with van der Waals surface area (Å²) in [7, 11) is 0. The van der Waals surface area contributed by atoms with Crippen molar-refractivity contribution in [3.8, 4) is 0 Å². The van der Waals surface area contributed by atoms with Gasteiger partial charge in [0, 0.05) is 0 Å². The van der Waals surface area contributed by atoms with E-state index >= 15 is 0 Å². The second-order valence-electron chi connectivity index (χ2n) is 3.78. The van der Waals surface area contributed by atoms with Gasteiger partial charge < -0.3 is 0 Å². The Morgan fingerprint density at radius 3 is 2.58 bits per heavy atom. The van der Waals surface area contributed by atoms with Crippen molar-refractivity contribution < 1.29 is 0 Å². The van der Waals surface area contributed by atoms with Crippen molar-refractivity contribution in [1.82, 2.24) is 0 Å². The molecule has 12 heavy (non-hydrogen) atoms. The lowest BCUT2D eigenvalue weighted by Gasteiger charge is -2.26. The molecule has 1 rings (SSSR count). The van der Waals surface area contributed by atoms with Gasteiger partial charge in [0.25, 0.3) is 0 Å².